The summed E-state index contributed by atoms with van der Waals surface area (Å²) in [6.07, 6.45) is 4.46. The van der Waals surface area contributed by atoms with Gasteiger partial charge in [0.2, 0.25) is 5.88 Å². The summed E-state index contributed by atoms with van der Waals surface area (Å²) in [5, 5.41) is 10.6. The molecule has 3 heterocycles. The fourth-order valence-corrected chi connectivity index (χ4v) is 4.37. The SMILES string of the molecule is CCCCSc1nc(-c2ccc(F)cc2)nc2c1Cc1c(CO)cnc(C)c1O2. The summed E-state index contributed by atoms with van der Waals surface area (Å²) in [7, 11) is 0. The highest BCUT2D eigenvalue weighted by Gasteiger charge is 2.27. The molecule has 0 amide bonds. The number of unbranched alkanes of at least 4 members (excludes halogenated alkanes) is 1. The number of aromatic nitrogens is 3. The molecule has 0 bridgehead atoms. The molecule has 0 radical (unpaired) electrons. The van der Waals surface area contributed by atoms with Crippen molar-refractivity contribution in [1.82, 2.24) is 15.0 Å². The third-order valence-electron chi connectivity index (χ3n) is 4.90. The van der Waals surface area contributed by atoms with Crippen molar-refractivity contribution in [1.29, 1.82) is 0 Å². The standard InChI is InChI=1S/C22H22FN3O2S/c1-3-4-9-29-22-18-10-17-15(12-27)11-24-13(2)19(17)28-21(18)25-20(26-22)14-5-7-16(23)8-6-14/h5-8,11,27H,3-4,9-10,12H2,1-2H3. The van der Waals surface area contributed by atoms with E-state index in [9.17, 15) is 9.50 Å². The van der Waals surface area contributed by atoms with E-state index in [0.717, 1.165) is 51.6 Å². The summed E-state index contributed by atoms with van der Waals surface area (Å²) in [5.74, 6) is 2.31. The van der Waals surface area contributed by atoms with E-state index in [1.807, 2.05) is 6.92 Å². The second-order valence-electron chi connectivity index (χ2n) is 6.96. The fourth-order valence-electron chi connectivity index (χ4n) is 3.25. The third kappa shape index (κ3) is 3.97. The summed E-state index contributed by atoms with van der Waals surface area (Å²) in [4.78, 5) is 13.8. The zero-order valence-electron chi connectivity index (χ0n) is 16.4. The van der Waals surface area contributed by atoms with Crippen LogP contribution in [0.25, 0.3) is 11.4 Å². The molecule has 0 fully saturated rings. The molecule has 7 heteroatoms. The minimum Gasteiger partial charge on any atom is -0.436 e. The molecule has 3 aromatic rings. The number of halogens is 1. The Morgan fingerprint density at radius 1 is 1.17 bits per heavy atom. The van der Waals surface area contributed by atoms with Crippen molar-refractivity contribution in [2.45, 2.75) is 44.7 Å². The first-order valence-corrected chi connectivity index (χ1v) is 10.6. The van der Waals surface area contributed by atoms with Crippen molar-refractivity contribution in [3.63, 3.8) is 0 Å². The normalized spacial score (nSPS) is 12.3. The maximum atomic E-state index is 13.3. The Bertz CT molecular complexity index is 1040. The Labute approximate surface area is 173 Å². The Morgan fingerprint density at radius 3 is 2.69 bits per heavy atom. The number of rotatable bonds is 6. The van der Waals surface area contributed by atoms with Crippen LogP contribution in [0.5, 0.6) is 11.6 Å². The molecule has 0 saturated carbocycles. The van der Waals surface area contributed by atoms with Crippen LogP contribution in [0.3, 0.4) is 0 Å². The average molecular weight is 412 g/mol. The van der Waals surface area contributed by atoms with Crippen LogP contribution >= 0.6 is 11.8 Å². The molecule has 4 rings (SSSR count). The Hall–Kier alpha value is -2.51. The van der Waals surface area contributed by atoms with E-state index in [2.05, 4.69) is 16.9 Å². The van der Waals surface area contributed by atoms with E-state index in [1.54, 1.807) is 30.1 Å². The van der Waals surface area contributed by atoms with Crippen molar-refractivity contribution < 1.29 is 14.2 Å². The Balaban J connectivity index is 1.81. The van der Waals surface area contributed by atoms with Crippen LogP contribution in [0.15, 0.2) is 35.5 Å². The summed E-state index contributed by atoms with van der Waals surface area (Å²) >= 11 is 1.68. The first kappa shape index (κ1) is 19.8. The van der Waals surface area contributed by atoms with E-state index in [4.69, 9.17) is 9.72 Å². The molecule has 0 saturated heterocycles. The maximum absolute atomic E-state index is 13.3. The van der Waals surface area contributed by atoms with Gasteiger partial charge in [0, 0.05) is 29.3 Å². The number of pyridine rings is 1. The zero-order valence-corrected chi connectivity index (χ0v) is 17.2. The number of hydrogen-bond acceptors (Lipinski definition) is 6. The molecule has 2 aromatic heterocycles. The second-order valence-corrected chi connectivity index (χ2v) is 8.04. The van der Waals surface area contributed by atoms with Gasteiger partial charge in [0.05, 0.1) is 17.9 Å². The van der Waals surface area contributed by atoms with Gasteiger partial charge in [-0.2, -0.15) is 4.98 Å². The minimum absolute atomic E-state index is 0.0961. The summed E-state index contributed by atoms with van der Waals surface area (Å²) in [6, 6.07) is 6.15. The molecule has 1 aliphatic heterocycles. The first-order valence-electron chi connectivity index (χ1n) is 9.66. The Kier molecular flexibility index (Phi) is 5.78. The predicted molar refractivity (Wildman–Crippen MR) is 111 cm³/mol. The van der Waals surface area contributed by atoms with Gasteiger partial charge in [0.25, 0.3) is 0 Å². The van der Waals surface area contributed by atoms with Crippen molar-refractivity contribution in [3.05, 3.63) is 58.7 Å². The van der Waals surface area contributed by atoms with E-state index in [-0.39, 0.29) is 12.4 Å². The number of nitrogens with zero attached hydrogens (tertiary/aromatic N) is 3. The molecule has 0 aliphatic carbocycles. The van der Waals surface area contributed by atoms with Crippen LogP contribution in [0.4, 0.5) is 4.39 Å². The van der Waals surface area contributed by atoms with E-state index in [1.165, 1.54) is 12.1 Å². The third-order valence-corrected chi connectivity index (χ3v) is 6.00. The van der Waals surface area contributed by atoms with E-state index < -0.39 is 0 Å². The lowest BCUT2D eigenvalue weighted by atomic mass is 9.99. The predicted octanol–water partition coefficient (Wildman–Crippen LogP) is 5.07. The van der Waals surface area contributed by atoms with E-state index in [0.29, 0.717) is 23.9 Å². The van der Waals surface area contributed by atoms with Crippen molar-refractivity contribution in [2.75, 3.05) is 5.75 Å². The molecule has 0 spiro atoms. The van der Waals surface area contributed by atoms with Gasteiger partial charge in [-0.25, -0.2) is 9.37 Å². The van der Waals surface area contributed by atoms with Crippen molar-refractivity contribution in [2.24, 2.45) is 0 Å². The quantitative estimate of drug-likeness (QED) is 0.271. The molecule has 5 nitrogen and oxygen atoms in total. The van der Waals surface area contributed by atoms with Gasteiger partial charge >= 0.3 is 0 Å². The number of ether oxygens (including phenoxy) is 1. The van der Waals surface area contributed by atoms with Crippen LogP contribution < -0.4 is 4.74 Å². The highest BCUT2D eigenvalue weighted by molar-refractivity contribution is 7.99. The molecular weight excluding hydrogens is 389 g/mol. The smallest absolute Gasteiger partial charge is 0.227 e. The second kappa shape index (κ2) is 8.47. The molecule has 0 unspecified atom stereocenters. The number of aryl methyl sites for hydroxylation is 1. The lowest BCUT2D eigenvalue weighted by Crippen LogP contribution is -2.13. The molecule has 1 aliphatic rings. The van der Waals surface area contributed by atoms with Gasteiger partial charge in [0.15, 0.2) is 11.6 Å². The summed E-state index contributed by atoms with van der Waals surface area (Å²) in [5.41, 5.74) is 4.10. The lowest BCUT2D eigenvalue weighted by molar-refractivity contribution is 0.278. The van der Waals surface area contributed by atoms with Gasteiger partial charge in [-0.05, 0) is 43.4 Å². The van der Waals surface area contributed by atoms with Crippen LogP contribution in [0.2, 0.25) is 0 Å². The van der Waals surface area contributed by atoms with Crippen molar-refractivity contribution >= 4 is 11.8 Å². The largest absolute Gasteiger partial charge is 0.436 e. The number of hydrogen-bond donors (Lipinski definition) is 1. The molecule has 0 atom stereocenters. The van der Waals surface area contributed by atoms with Gasteiger partial charge in [-0.1, -0.05) is 13.3 Å². The van der Waals surface area contributed by atoms with E-state index >= 15 is 0 Å². The molecule has 1 N–H and O–H groups in total. The minimum atomic E-state index is -0.298. The van der Waals surface area contributed by atoms with Gasteiger partial charge < -0.3 is 9.84 Å². The van der Waals surface area contributed by atoms with Gasteiger partial charge in [0.1, 0.15) is 10.8 Å². The highest BCUT2D eigenvalue weighted by Crippen LogP contribution is 2.42. The zero-order chi connectivity index (χ0) is 20.4. The van der Waals surface area contributed by atoms with Crippen LogP contribution in [0, 0.1) is 12.7 Å². The van der Waals surface area contributed by atoms with Gasteiger partial charge in [-0.15, -0.1) is 11.8 Å². The highest BCUT2D eigenvalue weighted by atomic mass is 32.2. The maximum Gasteiger partial charge on any atom is 0.227 e. The number of fused-ring (bicyclic) bond motifs is 2. The lowest BCUT2D eigenvalue weighted by Gasteiger charge is -2.24. The van der Waals surface area contributed by atoms with Gasteiger partial charge in [-0.3, -0.25) is 4.98 Å². The number of benzene rings is 1. The van der Waals surface area contributed by atoms with Crippen molar-refractivity contribution in [3.8, 4) is 23.0 Å². The summed E-state index contributed by atoms with van der Waals surface area (Å²) < 4.78 is 19.5. The molecule has 150 valence electrons. The topological polar surface area (TPSA) is 68.1 Å². The Morgan fingerprint density at radius 2 is 1.97 bits per heavy atom. The van der Waals surface area contributed by atoms with Crippen LogP contribution in [0.1, 0.15) is 42.1 Å². The number of aliphatic hydroxyl groups is 1. The molecular formula is C22H22FN3O2S. The van der Waals surface area contributed by atoms with Crippen LogP contribution in [-0.4, -0.2) is 25.8 Å². The number of thioether (sulfide) groups is 1. The first-order chi connectivity index (χ1) is 14.1. The number of aliphatic hydroxyl groups excluding tert-OH is 1. The van der Waals surface area contributed by atoms with Crippen LogP contribution in [-0.2, 0) is 13.0 Å². The summed E-state index contributed by atoms with van der Waals surface area (Å²) in [6.45, 7) is 3.94. The molecule has 29 heavy (non-hydrogen) atoms. The fraction of sp³-hybridized carbons (Fsp3) is 0.318. The monoisotopic (exact) mass is 411 g/mol. The average Bonchev–Trinajstić information content (AvgIpc) is 2.74. The molecule has 1 aromatic carbocycles.